The molecule has 0 amide bonds. The molecule has 1 aromatic carbocycles. The van der Waals surface area contributed by atoms with E-state index in [9.17, 15) is 0 Å². The number of nitrogen functional groups attached to an aromatic ring is 1. The molecule has 110 valence electrons. The lowest BCUT2D eigenvalue weighted by Crippen LogP contribution is -2.06. The average molecular weight is 290 g/mol. The third-order valence-electron chi connectivity index (χ3n) is 3.49. The minimum absolute atomic E-state index is 0.201. The van der Waals surface area contributed by atoms with Crippen LogP contribution in [-0.4, -0.2) is 9.97 Å². The van der Waals surface area contributed by atoms with Crippen LogP contribution in [0.4, 0.5) is 11.5 Å². The van der Waals surface area contributed by atoms with Crippen molar-refractivity contribution in [1.29, 1.82) is 0 Å². The van der Waals surface area contributed by atoms with E-state index in [2.05, 4.69) is 34.3 Å². The zero-order valence-electron chi connectivity index (χ0n) is 12.4. The normalized spacial score (nSPS) is 11.9. The minimum atomic E-state index is 0.201. The van der Waals surface area contributed by atoms with Gasteiger partial charge in [-0.25, -0.2) is 4.98 Å². The number of benzene rings is 1. The highest BCUT2D eigenvalue weighted by Crippen LogP contribution is 2.23. The van der Waals surface area contributed by atoms with Crippen LogP contribution in [0.25, 0.3) is 11.3 Å². The van der Waals surface area contributed by atoms with Crippen LogP contribution in [0.5, 0.6) is 0 Å². The summed E-state index contributed by atoms with van der Waals surface area (Å²) in [4.78, 5) is 8.63. The molecule has 0 saturated carbocycles. The van der Waals surface area contributed by atoms with Crippen molar-refractivity contribution in [1.82, 2.24) is 9.97 Å². The maximum atomic E-state index is 5.74. The Kier molecular flexibility index (Phi) is 4.01. The molecule has 0 saturated heterocycles. The molecule has 3 N–H and O–H groups in total. The van der Waals surface area contributed by atoms with Crippen LogP contribution >= 0.6 is 0 Å². The van der Waals surface area contributed by atoms with Crippen molar-refractivity contribution in [3.8, 4) is 11.3 Å². The monoisotopic (exact) mass is 290 g/mol. The Balaban J connectivity index is 1.83. The van der Waals surface area contributed by atoms with Crippen LogP contribution < -0.4 is 11.1 Å². The van der Waals surface area contributed by atoms with Crippen molar-refractivity contribution in [2.75, 3.05) is 11.1 Å². The summed E-state index contributed by atoms with van der Waals surface area (Å²) >= 11 is 0. The molecule has 0 aliphatic heterocycles. The zero-order chi connectivity index (χ0) is 15.4. The maximum absolute atomic E-state index is 5.74. The van der Waals surface area contributed by atoms with E-state index in [0.29, 0.717) is 5.82 Å². The quantitative estimate of drug-likeness (QED) is 0.765. The summed E-state index contributed by atoms with van der Waals surface area (Å²) in [6, 6.07) is 18.1. The number of pyridine rings is 2. The molecule has 0 spiro atoms. The number of nitrogens with two attached hydrogens (primary N) is 1. The van der Waals surface area contributed by atoms with Crippen molar-refractivity contribution < 1.29 is 0 Å². The van der Waals surface area contributed by atoms with Gasteiger partial charge in [-0.3, -0.25) is 4.98 Å². The minimum Gasteiger partial charge on any atom is -0.384 e. The predicted molar refractivity (Wildman–Crippen MR) is 90.4 cm³/mol. The number of hydrogen-bond acceptors (Lipinski definition) is 4. The van der Waals surface area contributed by atoms with E-state index in [1.54, 1.807) is 12.3 Å². The Morgan fingerprint density at radius 3 is 2.59 bits per heavy atom. The lowest BCUT2D eigenvalue weighted by Gasteiger charge is -2.16. The predicted octanol–water partition coefficient (Wildman–Crippen LogP) is 3.90. The first kappa shape index (κ1) is 14.1. The largest absolute Gasteiger partial charge is 0.384 e. The van der Waals surface area contributed by atoms with Crippen LogP contribution in [0.2, 0.25) is 0 Å². The summed E-state index contributed by atoms with van der Waals surface area (Å²) in [5.41, 5.74) is 9.70. The van der Waals surface area contributed by atoms with E-state index in [-0.39, 0.29) is 6.04 Å². The highest BCUT2D eigenvalue weighted by atomic mass is 14.9. The molecule has 3 aromatic rings. The summed E-state index contributed by atoms with van der Waals surface area (Å²) in [5, 5.41) is 3.46. The molecule has 0 radical (unpaired) electrons. The topological polar surface area (TPSA) is 63.8 Å². The molecular weight excluding hydrogens is 272 g/mol. The van der Waals surface area contributed by atoms with Gasteiger partial charge in [-0.1, -0.05) is 36.4 Å². The molecule has 2 aromatic heterocycles. The van der Waals surface area contributed by atoms with Crippen molar-refractivity contribution >= 4 is 11.5 Å². The second kappa shape index (κ2) is 6.26. The summed E-state index contributed by atoms with van der Waals surface area (Å²) in [6.07, 6.45) is 3.61. The summed E-state index contributed by atoms with van der Waals surface area (Å²) in [5.74, 6) is 0.508. The standard InChI is InChI=1S/C18H18N4/c1-13(14-6-3-2-4-7-14)21-16-10-15(11-20-12-16)17-8-5-9-18(19)22-17/h2-13,21H,1H3,(H2,19,22)/t13-/m0/s1. The van der Waals surface area contributed by atoms with Gasteiger partial charge in [0, 0.05) is 24.0 Å². The van der Waals surface area contributed by atoms with Crippen molar-refractivity contribution in [2.24, 2.45) is 0 Å². The fourth-order valence-corrected chi connectivity index (χ4v) is 2.35. The molecular formula is C18H18N4. The van der Waals surface area contributed by atoms with E-state index in [0.717, 1.165) is 16.9 Å². The SMILES string of the molecule is C[C@H](Nc1cncc(-c2cccc(N)n2)c1)c1ccccc1. The van der Waals surface area contributed by atoms with Gasteiger partial charge < -0.3 is 11.1 Å². The van der Waals surface area contributed by atoms with Gasteiger partial charge >= 0.3 is 0 Å². The Morgan fingerprint density at radius 2 is 1.82 bits per heavy atom. The Hall–Kier alpha value is -2.88. The summed E-state index contributed by atoms with van der Waals surface area (Å²) in [7, 11) is 0. The summed E-state index contributed by atoms with van der Waals surface area (Å²) in [6.45, 7) is 2.13. The van der Waals surface area contributed by atoms with Crippen molar-refractivity contribution in [2.45, 2.75) is 13.0 Å². The molecule has 22 heavy (non-hydrogen) atoms. The highest BCUT2D eigenvalue weighted by Gasteiger charge is 2.06. The lowest BCUT2D eigenvalue weighted by atomic mass is 10.1. The fraction of sp³-hybridized carbons (Fsp3) is 0.111. The number of rotatable bonds is 4. The first-order valence-electron chi connectivity index (χ1n) is 7.22. The van der Waals surface area contributed by atoms with Crippen LogP contribution in [-0.2, 0) is 0 Å². The van der Waals surface area contributed by atoms with Gasteiger partial charge in [0.15, 0.2) is 0 Å². The number of aromatic nitrogens is 2. The van der Waals surface area contributed by atoms with Gasteiger partial charge in [-0.2, -0.15) is 0 Å². The molecule has 0 bridgehead atoms. The van der Waals surface area contributed by atoms with Gasteiger partial charge in [0.05, 0.1) is 11.4 Å². The van der Waals surface area contributed by atoms with E-state index in [1.165, 1.54) is 5.56 Å². The first-order chi connectivity index (χ1) is 10.7. The second-order valence-corrected chi connectivity index (χ2v) is 5.19. The number of hydrogen-bond donors (Lipinski definition) is 2. The number of nitrogens with one attached hydrogen (secondary N) is 1. The van der Waals surface area contributed by atoms with Crippen LogP contribution in [0, 0.1) is 0 Å². The molecule has 2 heterocycles. The Bertz CT molecular complexity index is 756. The number of anilines is 2. The van der Waals surface area contributed by atoms with E-state index < -0.39 is 0 Å². The van der Waals surface area contributed by atoms with Crippen molar-refractivity contribution in [3.63, 3.8) is 0 Å². The third kappa shape index (κ3) is 3.23. The van der Waals surface area contributed by atoms with Gasteiger partial charge in [0.2, 0.25) is 0 Å². The van der Waals surface area contributed by atoms with Gasteiger partial charge in [0.25, 0.3) is 0 Å². The van der Waals surface area contributed by atoms with Crippen LogP contribution in [0.3, 0.4) is 0 Å². The van der Waals surface area contributed by atoms with E-state index in [4.69, 9.17) is 5.73 Å². The molecule has 1 atom stereocenters. The van der Waals surface area contributed by atoms with Gasteiger partial charge in [0.1, 0.15) is 5.82 Å². The Labute approximate surface area is 130 Å². The molecule has 3 rings (SSSR count). The molecule has 0 aliphatic carbocycles. The first-order valence-corrected chi connectivity index (χ1v) is 7.22. The molecule has 0 fully saturated rings. The average Bonchev–Trinajstić information content (AvgIpc) is 2.56. The van der Waals surface area contributed by atoms with Crippen molar-refractivity contribution in [3.05, 3.63) is 72.6 Å². The van der Waals surface area contributed by atoms with Crippen LogP contribution in [0.1, 0.15) is 18.5 Å². The Morgan fingerprint density at radius 1 is 1.00 bits per heavy atom. The lowest BCUT2D eigenvalue weighted by molar-refractivity contribution is 0.883. The fourth-order valence-electron chi connectivity index (χ4n) is 2.35. The van der Waals surface area contributed by atoms with Gasteiger partial charge in [-0.05, 0) is 30.7 Å². The molecule has 4 heteroatoms. The highest BCUT2D eigenvalue weighted by molar-refractivity contribution is 5.64. The second-order valence-electron chi connectivity index (χ2n) is 5.19. The number of nitrogens with zero attached hydrogens (tertiary/aromatic N) is 2. The third-order valence-corrected chi connectivity index (χ3v) is 3.49. The smallest absolute Gasteiger partial charge is 0.124 e. The van der Waals surface area contributed by atoms with Crippen LogP contribution in [0.15, 0.2) is 67.0 Å². The van der Waals surface area contributed by atoms with E-state index >= 15 is 0 Å². The zero-order valence-corrected chi connectivity index (χ0v) is 12.4. The molecule has 0 aliphatic rings. The summed E-state index contributed by atoms with van der Waals surface area (Å²) < 4.78 is 0. The molecule has 4 nitrogen and oxygen atoms in total. The molecule has 0 unspecified atom stereocenters. The van der Waals surface area contributed by atoms with Gasteiger partial charge in [-0.15, -0.1) is 0 Å². The maximum Gasteiger partial charge on any atom is 0.124 e. The van der Waals surface area contributed by atoms with E-state index in [1.807, 2.05) is 42.6 Å².